The van der Waals surface area contributed by atoms with Crippen molar-refractivity contribution in [2.45, 2.75) is 56.8 Å². The number of nitrogens with two attached hydrogens (primary N) is 1. The zero-order chi connectivity index (χ0) is 25.0. The van der Waals surface area contributed by atoms with Crippen molar-refractivity contribution in [2.75, 3.05) is 29.9 Å². The lowest BCUT2D eigenvalue weighted by Crippen LogP contribution is -2.39. The highest BCUT2D eigenvalue weighted by atomic mass is 19.1. The third-order valence-electron chi connectivity index (χ3n) is 7.21. The van der Waals surface area contributed by atoms with Crippen molar-refractivity contribution in [3.8, 4) is 0 Å². The van der Waals surface area contributed by atoms with E-state index < -0.39 is 5.60 Å². The number of carbonyl (C=O) groups is 1. The van der Waals surface area contributed by atoms with Gasteiger partial charge in [0.25, 0.3) is 0 Å². The molecule has 9 nitrogen and oxygen atoms in total. The van der Waals surface area contributed by atoms with E-state index in [1.165, 1.54) is 6.07 Å². The minimum atomic E-state index is -0.475. The van der Waals surface area contributed by atoms with Gasteiger partial charge in [0.2, 0.25) is 0 Å². The Morgan fingerprint density at radius 2 is 2.08 bits per heavy atom. The van der Waals surface area contributed by atoms with E-state index in [4.69, 9.17) is 15.2 Å². The van der Waals surface area contributed by atoms with E-state index in [1.54, 1.807) is 35.4 Å². The molecule has 1 aromatic heterocycles. The predicted octanol–water partition coefficient (Wildman–Crippen LogP) is 4.59. The number of aromatic nitrogens is 2. The summed E-state index contributed by atoms with van der Waals surface area (Å²) in [6.07, 6.45) is 11.2. The summed E-state index contributed by atoms with van der Waals surface area (Å²) in [6, 6.07) is 8.30. The minimum Gasteiger partial charge on any atom is -0.441 e. The van der Waals surface area contributed by atoms with Gasteiger partial charge in [0.15, 0.2) is 5.82 Å². The first-order chi connectivity index (χ1) is 17.5. The van der Waals surface area contributed by atoms with Crippen LogP contribution in [0.2, 0.25) is 0 Å². The number of nitrogens with one attached hydrogen (secondary N) is 1. The van der Waals surface area contributed by atoms with Gasteiger partial charge in [-0.2, -0.15) is 5.10 Å². The summed E-state index contributed by atoms with van der Waals surface area (Å²) in [5.41, 5.74) is 5.91. The first-order valence-electron chi connectivity index (χ1n) is 12.7. The van der Waals surface area contributed by atoms with Gasteiger partial charge < -0.3 is 20.5 Å². The molecule has 0 bridgehead atoms. The van der Waals surface area contributed by atoms with Crippen molar-refractivity contribution < 1.29 is 18.7 Å². The molecule has 1 spiro atoms. The molecule has 1 saturated carbocycles. The molecule has 3 aliphatic rings. The van der Waals surface area contributed by atoms with Crippen molar-refractivity contribution in [3.63, 3.8) is 0 Å². The standard InChI is InChI=1S/C26H33FN6O3/c27-20-5-1-2-6-21(20)29-14-10-22(28)30-17-19-8-12-26(13-9-19)18-32(25(34)36-26)23-11-15-33(31-23)24-7-3-4-16-35-24/h1-2,5-6,10-11,14-15,19,24,29H,3-4,7-9,12-13,16-18H2,(H2,28,30)/b14-10-. The normalized spacial score (nSPS) is 27.1. The number of benzene rings is 1. The number of halogens is 1. The molecule has 2 aliphatic heterocycles. The Balaban J connectivity index is 1.10. The monoisotopic (exact) mass is 496 g/mol. The fourth-order valence-corrected chi connectivity index (χ4v) is 5.09. The molecule has 3 fully saturated rings. The highest BCUT2D eigenvalue weighted by molar-refractivity contribution is 5.91. The Morgan fingerprint density at radius 1 is 1.25 bits per heavy atom. The molecule has 1 amide bonds. The molecule has 2 saturated heterocycles. The van der Waals surface area contributed by atoms with Gasteiger partial charge in [-0.05, 0) is 69.1 Å². The maximum absolute atomic E-state index is 13.7. The average molecular weight is 497 g/mol. The summed E-state index contributed by atoms with van der Waals surface area (Å²) in [6.45, 7) is 1.86. The van der Waals surface area contributed by atoms with E-state index in [0.717, 1.165) is 51.6 Å². The number of amidine groups is 1. The second-order valence-electron chi connectivity index (χ2n) is 9.78. The average Bonchev–Trinajstić information content (AvgIpc) is 3.50. The maximum atomic E-state index is 13.7. The fraction of sp³-hybridized carbons (Fsp3) is 0.500. The number of aliphatic imine (C=N–C) groups is 1. The van der Waals surface area contributed by atoms with Crippen molar-refractivity contribution in [3.05, 3.63) is 54.6 Å². The van der Waals surface area contributed by atoms with Crippen LogP contribution in [-0.4, -0.2) is 47.0 Å². The molecular formula is C26H33FN6O3. The van der Waals surface area contributed by atoms with Gasteiger partial charge in [0.05, 0.1) is 12.2 Å². The molecule has 0 radical (unpaired) electrons. The molecule has 2 aromatic rings. The number of amides is 1. The number of ether oxygens (including phenoxy) is 2. The summed E-state index contributed by atoms with van der Waals surface area (Å²) in [7, 11) is 0. The van der Waals surface area contributed by atoms with Gasteiger partial charge >= 0.3 is 6.09 Å². The Hall–Kier alpha value is -3.40. The lowest BCUT2D eigenvalue weighted by atomic mass is 9.79. The Bertz CT molecular complexity index is 1120. The molecule has 5 rings (SSSR count). The number of hydrogen-bond acceptors (Lipinski definition) is 6. The van der Waals surface area contributed by atoms with E-state index in [1.807, 2.05) is 16.9 Å². The number of hydrogen-bond donors (Lipinski definition) is 2. The van der Waals surface area contributed by atoms with Gasteiger partial charge in [-0.1, -0.05) is 12.1 Å². The molecule has 3 heterocycles. The van der Waals surface area contributed by atoms with Crippen LogP contribution in [0, 0.1) is 11.7 Å². The number of rotatable bonds is 7. The minimum absolute atomic E-state index is 0.0614. The third kappa shape index (κ3) is 5.53. The first kappa shape index (κ1) is 24.3. The number of para-hydroxylation sites is 1. The lowest BCUT2D eigenvalue weighted by molar-refractivity contribution is -0.0393. The molecule has 1 unspecified atom stereocenters. The molecule has 1 atom stereocenters. The molecule has 10 heteroatoms. The zero-order valence-corrected chi connectivity index (χ0v) is 20.3. The summed E-state index contributed by atoms with van der Waals surface area (Å²) < 4.78 is 27.1. The number of nitrogens with zero attached hydrogens (tertiary/aromatic N) is 4. The van der Waals surface area contributed by atoms with Gasteiger partial charge in [0.1, 0.15) is 23.5 Å². The van der Waals surface area contributed by atoms with Crippen molar-refractivity contribution in [1.82, 2.24) is 9.78 Å². The van der Waals surface area contributed by atoms with Crippen LogP contribution in [0.3, 0.4) is 0 Å². The molecule has 3 N–H and O–H groups in total. The Morgan fingerprint density at radius 3 is 2.86 bits per heavy atom. The highest BCUT2D eigenvalue weighted by Gasteiger charge is 2.48. The quantitative estimate of drug-likeness (QED) is 0.429. The van der Waals surface area contributed by atoms with Crippen LogP contribution in [-0.2, 0) is 9.47 Å². The summed E-state index contributed by atoms with van der Waals surface area (Å²) in [5.74, 6) is 1.04. The zero-order valence-electron chi connectivity index (χ0n) is 20.3. The third-order valence-corrected chi connectivity index (χ3v) is 7.21. The van der Waals surface area contributed by atoms with Crippen LogP contribution < -0.4 is 16.0 Å². The largest absolute Gasteiger partial charge is 0.441 e. The van der Waals surface area contributed by atoms with Gasteiger partial charge in [0, 0.05) is 31.6 Å². The summed E-state index contributed by atoms with van der Waals surface area (Å²) in [5, 5.41) is 7.48. The Kier molecular flexibility index (Phi) is 7.22. The first-order valence-corrected chi connectivity index (χ1v) is 12.7. The number of anilines is 2. The van der Waals surface area contributed by atoms with Crippen molar-refractivity contribution >= 4 is 23.4 Å². The smallest absolute Gasteiger partial charge is 0.416 e. The number of carbonyl (C=O) groups excluding carboxylic acids is 1. The predicted molar refractivity (Wildman–Crippen MR) is 135 cm³/mol. The van der Waals surface area contributed by atoms with Crippen molar-refractivity contribution in [2.24, 2.45) is 16.6 Å². The van der Waals surface area contributed by atoms with Crippen LogP contribution in [0.25, 0.3) is 0 Å². The molecule has 36 heavy (non-hydrogen) atoms. The van der Waals surface area contributed by atoms with Crippen LogP contribution in [0.4, 0.5) is 20.7 Å². The molecule has 1 aromatic carbocycles. The van der Waals surface area contributed by atoms with Gasteiger partial charge in [-0.3, -0.25) is 9.89 Å². The Labute approximate surface area is 210 Å². The SMILES string of the molecule is NC(/C=C\Nc1ccccc1F)=NCC1CCC2(CC1)CN(c1ccn(C3CCCCO3)n1)C(=O)O2. The van der Waals surface area contributed by atoms with E-state index in [-0.39, 0.29) is 18.1 Å². The maximum Gasteiger partial charge on any atom is 0.416 e. The molecule has 192 valence electrons. The van der Waals surface area contributed by atoms with Crippen molar-refractivity contribution in [1.29, 1.82) is 0 Å². The van der Waals surface area contributed by atoms with E-state index >= 15 is 0 Å². The van der Waals surface area contributed by atoms with E-state index in [0.29, 0.717) is 36.3 Å². The second-order valence-corrected chi connectivity index (χ2v) is 9.78. The van der Waals surface area contributed by atoms with E-state index in [2.05, 4.69) is 15.4 Å². The topological polar surface area (TPSA) is 107 Å². The van der Waals surface area contributed by atoms with Crippen LogP contribution in [0.5, 0.6) is 0 Å². The van der Waals surface area contributed by atoms with Crippen LogP contribution in [0.1, 0.15) is 51.2 Å². The molecular weight excluding hydrogens is 463 g/mol. The molecule has 1 aliphatic carbocycles. The lowest BCUT2D eigenvalue weighted by Gasteiger charge is -2.34. The fourth-order valence-electron chi connectivity index (χ4n) is 5.09. The summed E-state index contributed by atoms with van der Waals surface area (Å²) >= 11 is 0. The summed E-state index contributed by atoms with van der Waals surface area (Å²) in [4.78, 5) is 18.8. The van der Waals surface area contributed by atoms with E-state index in [9.17, 15) is 9.18 Å². The van der Waals surface area contributed by atoms with Gasteiger partial charge in [-0.25, -0.2) is 13.9 Å². The highest BCUT2D eigenvalue weighted by Crippen LogP contribution is 2.40. The van der Waals surface area contributed by atoms with Crippen LogP contribution in [0.15, 0.2) is 53.8 Å². The van der Waals surface area contributed by atoms with Crippen LogP contribution >= 0.6 is 0 Å². The van der Waals surface area contributed by atoms with Gasteiger partial charge in [-0.15, -0.1) is 0 Å². The second kappa shape index (κ2) is 10.7.